The van der Waals surface area contributed by atoms with E-state index in [2.05, 4.69) is 5.32 Å². The van der Waals surface area contributed by atoms with Gasteiger partial charge in [-0.05, 0) is 33.6 Å². The SMILES string of the molecule is CC(C)(C)OC(=O)N[C@@H]1CCCC[C@H]1C(=O)NCC(F)(F)F. The van der Waals surface area contributed by atoms with E-state index in [0.29, 0.717) is 12.8 Å². The van der Waals surface area contributed by atoms with Gasteiger partial charge in [-0.2, -0.15) is 13.2 Å². The van der Waals surface area contributed by atoms with Crippen molar-refractivity contribution >= 4 is 12.0 Å². The molecule has 2 N–H and O–H groups in total. The first-order valence-corrected chi connectivity index (χ1v) is 7.32. The van der Waals surface area contributed by atoms with Crippen molar-refractivity contribution < 1.29 is 27.5 Å². The number of hydrogen-bond donors (Lipinski definition) is 2. The van der Waals surface area contributed by atoms with Crippen LogP contribution in [0.1, 0.15) is 46.5 Å². The fourth-order valence-electron chi connectivity index (χ4n) is 2.39. The first-order valence-electron chi connectivity index (χ1n) is 7.32. The number of alkyl halides is 3. The zero-order valence-electron chi connectivity index (χ0n) is 13.0. The summed E-state index contributed by atoms with van der Waals surface area (Å²) in [5, 5.41) is 4.49. The van der Waals surface area contributed by atoms with E-state index in [9.17, 15) is 22.8 Å². The molecular weight excluding hydrogens is 301 g/mol. The molecule has 1 aliphatic rings. The largest absolute Gasteiger partial charge is 0.444 e. The number of alkyl carbamates (subject to hydrolysis) is 1. The first-order chi connectivity index (χ1) is 9.98. The van der Waals surface area contributed by atoms with Crippen LogP contribution in [0.15, 0.2) is 0 Å². The van der Waals surface area contributed by atoms with Gasteiger partial charge < -0.3 is 15.4 Å². The number of halogens is 3. The van der Waals surface area contributed by atoms with Gasteiger partial charge in [0.15, 0.2) is 0 Å². The van der Waals surface area contributed by atoms with Crippen molar-refractivity contribution in [1.82, 2.24) is 10.6 Å². The molecule has 0 aromatic carbocycles. The van der Waals surface area contributed by atoms with Crippen molar-refractivity contribution in [2.75, 3.05) is 6.54 Å². The lowest BCUT2D eigenvalue weighted by molar-refractivity contribution is -0.141. The Bertz CT molecular complexity index is 405. The highest BCUT2D eigenvalue weighted by atomic mass is 19.4. The van der Waals surface area contributed by atoms with Crippen LogP contribution in [0.25, 0.3) is 0 Å². The predicted molar refractivity (Wildman–Crippen MR) is 74.2 cm³/mol. The van der Waals surface area contributed by atoms with Gasteiger partial charge in [0.1, 0.15) is 12.1 Å². The van der Waals surface area contributed by atoms with Crippen molar-refractivity contribution in [3.05, 3.63) is 0 Å². The summed E-state index contributed by atoms with van der Waals surface area (Å²) in [6, 6.07) is -0.503. The van der Waals surface area contributed by atoms with Gasteiger partial charge in [-0.15, -0.1) is 0 Å². The Balaban J connectivity index is 2.59. The lowest BCUT2D eigenvalue weighted by Crippen LogP contribution is -2.50. The van der Waals surface area contributed by atoms with Gasteiger partial charge in [0.25, 0.3) is 0 Å². The van der Waals surface area contributed by atoms with Gasteiger partial charge in [0.05, 0.1) is 5.92 Å². The van der Waals surface area contributed by atoms with E-state index in [1.807, 2.05) is 5.32 Å². The molecule has 8 heteroatoms. The summed E-state index contributed by atoms with van der Waals surface area (Å²) in [7, 11) is 0. The third kappa shape index (κ3) is 7.00. The van der Waals surface area contributed by atoms with Gasteiger partial charge in [-0.3, -0.25) is 4.79 Å². The smallest absolute Gasteiger partial charge is 0.407 e. The van der Waals surface area contributed by atoms with E-state index in [0.717, 1.165) is 12.8 Å². The normalized spacial score (nSPS) is 22.8. The Morgan fingerprint density at radius 3 is 2.27 bits per heavy atom. The second-order valence-corrected chi connectivity index (χ2v) is 6.48. The van der Waals surface area contributed by atoms with Crippen molar-refractivity contribution in [1.29, 1.82) is 0 Å². The maximum absolute atomic E-state index is 12.2. The molecule has 22 heavy (non-hydrogen) atoms. The minimum Gasteiger partial charge on any atom is -0.444 e. The molecule has 0 radical (unpaired) electrons. The minimum atomic E-state index is -4.45. The Kier molecular flexibility index (Phi) is 6.08. The standard InChI is InChI=1S/C14H23F3N2O3/c1-13(2,3)22-12(21)19-10-7-5-4-6-9(10)11(20)18-8-14(15,16)17/h9-10H,4-8H2,1-3H3,(H,18,20)(H,19,21)/t9-,10-/m1/s1. The number of carbonyl (C=O) groups is 2. The number of hydrogen-bond acceptors (Lipinski definition) is 3. The highest BCUT2D eigenvalue weighted by Gasteiger charge is 2.35. The third-order valence-corrected chi connectivity index (χ3v) is 3.27. The topological polar surface area (TPSA) is 67.4 Å². The van der Waals surface area contributed by atoms with E-state index < -0.39 is 42.3 Å². The van der Waals surface area contributed by atoms with Crippen LogP contribution in [-0.4, -0.2) is 36.4 Å². The van der Waals surface area contributed by atoms with Gasteiger partial charge >= 0.3 is 12.3 Å². The number of carbonyl (C=O) groups excluding carboxylic acids is 2. The average molecular weight is 324 g/mol. The van der Waals surface area contributed by atoms with Crippen LogP contribution < -0.4 is 10.6 Å². The summed E-state index contributed by atoms with van der Waals surface area (Å²) in [6.07, 6.45) is -2.56. The summed E-state index contributed by atoms with van der Waals surface area (Å²) in [5.74, 6) is -1.35. The van der Waals surface area contributed by atoms with E-state index in [1.54, 1.807) is 20.8 Å². The van der Waals surface area contributed by atoms with Gasteiger partial charge in [0, 0.05) is 6.04 Å². The van der Waals surface area contributed by atoms with Crippen LogP contribution in [0.5, 0.6) is 0 Å². The lowest BCUT2D eigenvalue weighted by Gasteiger charge is -2.32. The van der Waals surface area contributed by atoms with Crippen LogP contribution in [0.2, 0.25) is 0 Å². The van der Waals surface area contributed by atoms with Crippen LogP contribution in [0.3, 0.4) is 0 Å². The molecule has 0 unspecified atom stereocenters. The monoisotopic (exact) mass is 324 g/mol. The van der Waals surface area contributed by atoms with Crippen LogP contribution in [-0.2, 0) is 9.53 Å². The highest BCUT2D eigenvalue weighted by Crippen LogP contribution is 2.25. The van der Waals surface area contributed by atoms with Crippen molar-refractivity contribution in [2.45, 2.75) is 64.3 Å². The molecule has 2 atom stereocenters. The first kappa shape index (κ1) is 18.6. The van der Waals surface area contributed by atoms with Gasteiger partial charge in [-0.25, -0.2) is 4.79 Å². The molecular formula is C14H23F3N2O3. The number of nitrogens with one attached hydrogen (secondary N) is 2. The molecule has 0 bridgehead atoms. The maximum Gasteiger partial charge on any atom is 0.407 e. The third-order valence-electron chi connectivity index (χ3n) is 3.27. The summed E-state index contributed by atoms with van der Waals surface area (Å²) < 4.78 is 41.6. The van der Waals surface area contributed by atoms with E-state index in [1.165, 1.54) is 0 Å². The lowest BCUT2D eigenvalue weighted by atomic mass is 9.84. The van der Waals surface area contributed by atoms with Crippen LogP contribution in [0, 0.1) is 5.92 Å². The zero-order chi connectivity index (χ0) is 17.0. The molecule has 0 heterocycles. The Morgan fingerprint density at radius 2 is 1.73 bits per heavy atom. The molecule has 128 valence electrons. The highest BCUT2D eigenvalue weighted by molar-refractivity contribution is 5.80. The maximum atomic E-state index is 12.2. The summed E-state index contributed by atoms with van der Waals surface area (Å²) in [6.45, 7) is 3.77. The molecule has 0 spiro atoms. The second-order valence-electron chi connectivity index (χ2n) is 6.48. The molecule has 1 rings (SSSR count). The average Bonchev–Trinajstić information content (AvgIpc) is 2.33. The molecule has 1 saturated carbocycles. The van der Waals surface area contributed by atoms with Crippen molar-refractivity contribution in [3.8, 4) is 0 Å². The number of rotatable bonds is 3. The summed E-state index contributed by atoms with van der Waals surface area (Å²) in [4.78, 5) is 23.7. The second kappa shape index (κ2) is 7.19. The van der Waals surface area contributed by atoms with E-state index in [-0.39, 0.29) is 0 Å². The fourth-order valence-corrected chi connectivity index (χ4v) is 2.39. The molecule has 5 nitrogen and oxygen atoms in total. The Morgan fingerprint density at radius 1 is 1.14 bits per heavy atom. The molecule has 0 aromatic heterocycles. The number of ether oxygens (including phenoxy) is 1. The van der Waals surface area contributed by atoms with Crippen LogP contribution in [0.4, 0.5) is 18.0 Å². The zero-order valence-corrected chi connectivity index (χ0v) is 13.0. The van der Waals surface area contributed by atoms with Crippen molar-refractivity contribution in [3.63, 3.8) is 0 Å². The summed E-state index contributed by atoms with van der Waals surface area (Å²) in [5.41, 5.74) is -0.674. The van der Waals surface area contributed by atoms with E-state index in [4.69, 9.17) is 4.74 Å². The molecule has 0 aliphatic heterocycles. The summed E-state index contributed by atoms with van der Waals surface area (Å²) >= 11 is 0. The molecule has 0 saturated heterocycles. The van der Waals surface area contributed by atoms with E-state index >= 15 is 0 Å². The molecule has 1 fully saturated rings. The van der Waals surface area contributed by atoms with Gasteiger partial charge in [0.2, 0.25) is 5.91 Å². The number of amides is 2. The van der Waals surface area contributed by atoms with Crippen LogP contribution >= 0.6 is 0 Å². The minimum absolute atomic E-state index is 0.449. The Labute approximate surface area is 128 Å². The quantitative estimate of drug-likeness (QED) is 0.839. The van der Waals surface area contributed by atoms with Gasteiger partial charge in [-0.1, -0.05) is 12.8 Å². The molecule has 2 amide bonds. The molecule has 1 aliphatic carbocycles. The fraction of sp³-hybridized carbons (Fsp3) is 0.857. The predicted octanol–water partition coefficient (Wildman–Crippen LogP) is 2.75. The Hall–Kier alpha value is -1.47. The van der Waals surface area contributed by atoms with Crippen molar-refractivity contribution in [2.24, 2.45) is 5.92 Å². The molecule has 0 aromatic rings.